The van der Waals surface area contributed by atoms with E-state index in [0.29, 0.717) is 17.2 Å². The second-order valence-corrected chi connectivity index (χ2v) is 5.48. The third kappa shape index (κ3) is 3.03. The molecule has 0 amide bonds. The van der Waals surface area contributed by atoms with E-state index >= 15 is 0 Å². The minimum atomic E-state index is -0.352. The highest BCUT2D eigenvalue weighted by molar-refractivity contribution is 7.18. The SMILES string of the molecule is CCOC(=O)c1sc(-c2ccc(OC)cc2)c(CC)c1N. The Morgan fingerprint density at radius 1 is 1.24 bits per heavy atom. The number of rotatable bonds is 5. The van der Waals surface area contributed by atoms with Crippen molar-refractivity contribution < 1.29 is 14.3 Å². The van der Waals surface area contributed by atoms with E-state index in [2.05, 4.69) is 0 Å². The molecule has 0 spiro atoms. The molecule has 0 radical (unpaired) electrons. The fraction of sp³-hybridized carbons (Fsp3) is 0.312. The van der Waals surface area contributed by atoms with Crippen molar-refractivity contribution in [1.82, 2.24) is 0 Å². The molecule has 1 heterocycles. The van der Waals surface area contributed by atoms with E-state index in [4.69, 9.17) is 15.2 Å². The topological polar surface area (TPSA) is 61.5 Å². The first-order chi connectivity index (χ1) is 10.1. The molecule has 2 N–H and O–H groups in total. The van der Waals surface area contributed by atoms with E-state index in [1.54, 1.807) is 14.0 Å². The molecular weight excluding hydrogens is 286 g/mol. The zero-order chi connectivity index (χ0) is 15.4. The molecule has 4 nitrogen and oxygen atoms in total. The van der Waals surface area contributed by atoms with Gasteiger partial charge in [0.2, 0.25) is 0 Å². The molecule has 21 heavy (non-hydrogen) atoms. The smallest absolute Gasteiger partial charge is 0.350 e. The van der Waals surface area contributed by atoms with Crippen molar-refractivity contribution in [3.05, 3.63) is 34.7 Å². The Kier molecular flexibility index (Phi) is 4.85. The van der Waals surface area contributed by atoms with Crippen LogP contribution in [-0.2, 0) is 11.2 Å². The molecule has 0 atom stereocenters. The van der Waals surface area contributed by atoms with Gasteiger partial charge < -0.3 is 15.2 Å². The van der Waals surface area contributed by atoms with Crippen LogP contribution in [0.3, 0.4) is 0 Å². The summed E-state index contributed by atoms with van der Waals surface area (Å²) in [6.45, 7) is 4.16. The quantitative estimate of drug-likeness (QED) is 0.855. The molecule has 1 aromatic heterocycles. The van der Waals surface area contributed by atoms with E-state index in [1.165, 1.54) is 11.3 Å². The highest BCUT2D eigenvalue weighted by Crippen LogP contribution is 2.39. The Labute approximate surface area is 128 Å². The molecule has 0 aliphatic heterocycles. The third-order valence-electron chi connectivity index (χ3n) is 3.21. The lowest BCUT2D eigenvalue weighted by atomic mass is 10.1. The standard InChI is InChI=1S/C16H19NO3S/c1-4-12-13(17)15(16(18)20-5-2)21-14(12)10-6-8-11(19-3)9-7-10/h6-9H,4-5,17H2,1-3H3. The van der Waals surface area contributed by atoms with Crippen LogP contribution < -0.4 is 10.5 Å². The first-order valence-electron chi connectivity index (χ1n) is 6.85. The van der Waals surface area contributed by atoms with Gasteiger partial charge in [-0.3, -0.25) is 0 Å². The summed E-state index contributed by atoms with van der Waals surface area (Å²) in [6, 6.07) is 7.74. The number of benzene rings is 1. The number of hydrogen-bond acceptors (Lipinski definition) is 5. The molecule has 5 heteroatoms. The summed E-state index contributed by atoms with van der Waals surface area (Å²) < 4.78 is 10.2. The van der Waals surface area contributed by atoms with Gasteiger partial charge in [-0.05, 0) is 48.7 Å². The molecule has 2 aromatic rings. The average Bonchev–Trinajstić information content (AvgIpc) is 2.84. The van der Waals surface area contributed by atoms with Crippen LogP contribution in [0.2, 0.25) is 0 Å². The minimum Gasteiger partial charge on any atom is -0.497 e. The number of methoxy groups -OCH3 is 1. The van der Waals surface area contributed by atoms with Crippen LogP contribution in [0.1, 0.15) is 29.1 Å². The first-order valence-corrected chi connectivity index (χ1v) is 7.66. The number of nitrogen functional groups attached to an aromatic ring is 1. The summed E-state index contributed by atoms with van der Waals surface area (Å²) in [7, 11) is 1.63. The van der Waals surface area contributed by atoms with Crippen molar-refractivity contribution in [2.75, 3.05) is 19.5 Å². The van der Waals surface area contributed by atoms with Gasteiger partial charge in [0.05, 0.1) is 19.4 Å². The van der Waals surface area contributed by atoms with Crippen molar-refractivity contribution in [3.8, 4) is 16.2 Å². The van der Waals surface area contributed by atoms with E-state index in [0.717, 1.165) is 28.2 Å². The summed E-state index contributed by atoms with van der Waals surface area (Å²) in [5.74, 6) is 0.446. The minimum absolute atomic E-state index is 0.343. The Hall–Kier alpha value is -2.01. The molecule has 1 aromatic carbocycles. The van der Waals surface area contributed by atoms with Gasteiger partial charge in [-0.2, -0.15) is 0 Å². The van der Waals surface area contributed by atoms with Gasteiger partial charge in [0.1, 0.15) is 10.6 Å². The van der Waals surface area contributed by atoms with Crippen molar-refractivity contribution >= 4 is 23.0 Å². The number of hydrogen-bond donors (Lipinski definition) is 1. The number of esters is 1. The number of nitrogens with two attached hydrogens (primary N) is 1. The van der Waals surface area contributed by atoms with Gasteiger partial charge in [-0.25, -0.2) is 4.79 Å². The zero-order valence-electron chi connectivity index (χ0n) is 12.4. The number of anilines is 1. The highest BCUT2D eigenvalue weighted by Gasteiger charge is 2.21. The summed E-state index contributed by atoms with van der Waals surface area (Å²) >= 11 is 1.38. The summed E-state index contributed by atoms with van der Waals surface area (Å²) in [5, 5.41) is 0. The average molecular weight is 305 g/mol. The van der Waals surface area contributed by atoms with Crippen LogP contribution in [0.25, 0.3) is 10.4 Å². The summed E-state index contributed by atoms with van der Waals surface area (Å²) in [5.41, 5.74) is 8.68. The van der Waals surface area contributed by atoms with Crippen molar-refractivity contribution in [2.45, 2.75) is 20.3 Å². The largest absolute Gasteiger partial charge is 0.497 e. The van der Waals surface area contributed by atoms with Gasteiger partial charge >= 0.3 is 5.97 Å². The lowest BCUT2D eigenvalue weighted by Gasteiger charge is -2.04. The van der Waals surface area contributed by atoms with Crippen LogP contribution in [-0.4, -0.2) is 19.7 Å². The van der Waals surface area contributed by atoms with Gasteiger partial charge in [0.15, 0.2) is 0 Å². The number of thiophene rings is 1. The van der Waals surface area contributed by atoms with Crippen LogP contribution in [0, 0.1) is 0 Å². The maximum atomic E-state index is 12.0. The maximum Gasteiger partial charge on any atom is 0.350 e. The molecule has 0 saturated carbocycles. The highest BCUT2D eigenvalue weighted by atomic mass is 32.1. The Balaban J connectivity index is 2.47. The predicted molar refractivity (Wildman–Crippen MR) is 86.1 cm³/mol. The summed E-state index contributed by atoms with van der Waals surface area (Å²) in [6.07, 6.45) is 0.767. The monoisotopic (exact) mass is 305 g/mol. The molecule has 0 bridgehead atoms. The first kappa shape index (κ1) is 15.4. The van der Waals surface area contributed by atoms with Crippen molar-refractivity contribution in [1.29, 1.82) is 0 Å². The zero-order valence-corrected chi connectivity index (χ0v) is 13.3. The fourth-order valence-corrected chi connectivity index (χ4v) is 3.36. The fourth-order valence-electron chi connectivity index (χ4n) is 2.15. The number of ether oxygens (including phenoxy) is 2. The van der Waals surface area contributed by atoms with E-state index < -0.39 is 0 Å². The summed E-state index contributed by atoms with van der Waals surface area (Å²) in [4.78, 5) is 13.5. The molecule has 0 saturated heterocycles. The van der Waals surface area contributed by atoms with Gasteiger partial charge in [0.25, 0.3) is 0 Å². The Morgan fingerprint density at radius 3 is 2.43 bits per heavy atom. The lowest BCUT2D eigenvalue weighted by molar-refractivity contribution is 0.0533. The second kappa shape index (κ2) is 6.63. The number of carbonyl (C=O) groups is 1. The van der Waals surface area contributed by atoms with Crippen LogP contribution in [0.4, 0.5) is 5.69 Å². The molecule has 2 rings (SSSR count). The van der Waals surface area contributed by atoms with E-state index in [9.17, 15) is 4.79 Å². The molecule has 0 unspecified atom stereocenters. The van der Waals surface area contributed by atoms with Crippen LogP contribution in [0.15, 0.2) is 24.3 Å². The van der Waals surface area contributed by atoms with Gasteiger partial charge in [0, 0.05) is 4.88 Å². The van der Waals surface area contributed by atoms with Crippen LogP contribution >= 0.6 is 11.3 Å². The van der Waals surface area contributed by atoms with E-state index in [-0.39, 0.29) is 5.97 Å². The second-order valence-electron chi connectivity index (χ2n) is 4.46. The van der Waals surface area contributed by atoms with Crippen molar-refractivity contribution in [3.63, 3.8) is 0 Å². The molecule has 0 aliphatic rings. The van der Waals surface area contributed by atoms with Crippen molar-refractivity contribution in [2.24, 2.45) is 0 Å². The molecule has 0 fully saturated rings. The predicted octanol–water partition coefficient (Wildman–Crippen LogP) is 3.75. The molecular formula is C16H19NO3S. The molecule has 112 valence electrons. The lowest BCUT2D eigenvalue weighted by Crippen LogP contribution is -2.05. The Morgan fingerprint density at radius 2 is 1.90 bits per heavy atom. The normalized spacial score (nSPS) is 10.4. The van der Waals surface area contributed by atoms with Gasteiger partial charge in [-0.15, -0.1) is 11.3 Å². The molecule has 0 aliphatic carbocycles. The van der Waals surface area contributed by atoms with Crippen LogP contribution in [0.5, 0.6) is 5.75 Å². The van der Waals surface area contributed by atoms with Gasteiger partial charge in [-0.1, -0.05) is 6.92 Å². The van der Waals surface area contributed by atoms with E-state index in [1.807, 2.05) is 31.2 Å². The third-order valence-corrected chi connectivity index (χ3v) is 4.49. The number of carbonyl (C=O) groups excluding carboxylic acids is 1. The maximum absolute atomic E-state index is 12.0. The Bertz CT molecular complexity index is 632.